The molecule has 0 radical (unpaired) electrons. The fourth-order valence-corrected chi connectivity index (χ4v) is 2.55. The van der Waals surface area contributed by atoms with E-state index in [-0.39, 0.29) is 5.54 Å². The minimum Gasteiger partial charge on any atom is -0.497 e. The van der Waals surface area contributed by atoms with E-state index >= 15 is 0 Å². The average Bonchev–Trinajstić information content (AvgIpc) is 2.75. The van der Waals surface area contributed by atoms with E-state index in [0.29, 0.717) is 0 Å². The summed E-state index contributed by atoms with van der Waals surface area (Å²) in [4.78, 5) is 0. The predicted molar refractivity (Wildman–Crippen MR) is 68.9 cm³/mol. The number of hydrogen-bond acceptors (Lipinski definition) is 3. The third-order valence-electron chi connectivity index (χ3n) is 3.53. The second-order valence-electron chi connectivity index (χ2n) is 4.95. The van der Waals surface area contributed by atoms with Gasteiger partial charge in [-0.15, -0.1) is 0 Å². The van der Waals surface area contributed by atoms with Crippen molar-refractivity contribution in [1.82, 2.24) is 5.32 Å². The molecule has 1 aliphatic heterocycles. The minimum atomic E-state index is 0.194. The van der Waals surface area contributed by atoms with Crippen molar-refractivity contribution < 1.29 is 9.47 Å². The summed E-state index contributed by atoms with van der Waals surface area (Å²) in [5.74, 6) is 1.84. The zero-order valence-corrected chi connectivity index (χ0v) is 10.9. The molecule has 2 rings (SSSR count). The number of rotatable bonds is 4. The Morgan fingerprint density at radius 1 is 1.29 bits per heavy atom. The first-order valence-corrected chi connectivity index (χ1v) is 6.13. The lowest BCUT2D eigenvalue weighted by Gasteiger charge is -2.25. The van der Waals surface area contributed by atoms with E-state index in [2.05, 4.69) is 18.3 Å². The van der Waals surface area contributed by atoms with Gasteiger partial charge >= 0.3 is 0 Å². The number of nitrogens with one attached hydrogen (secondary N) is 1. The molecule has 0 amide bonds. The van der Waals surface area contributed by atoms with E-state index in [1.807, 2.05) is 12.1 Å². The van der Waals surface area contributed by atoms with Crippen molar-refractivity contribution in [1.29, 1.82) is 0 Å². The molecule has 1 N–H and O–H groups in total. The smallest absolute Gasteiger partial charge is 0.122 e. The van der Waals surface area contributed by atoms with E-state index < -0.39 is 0 Å². The summed E-state index contributed by atoms with van der Waals surface area (Å²) < 4.78 is 10.7. The van der Waals surface area contributed by atoms with Crippen LogP contribution >= 0.6 is 0 Å². The second kappa shape index (κ2) is 4.96. The number of methoxy groups -OCH3 is 2. The largest absolute Gasteiger partial charge is 0.497 e. The van der Waals surface area contributed by atoms with Crippen LogP contribution < -0.4 is 14.8 Å². The Morgan fingerprint density at radius 3 is 2.71 bits per heavy atom. The number of hydrogen-bond donors (Lipinski definition) is 1. The Bertz CT molecular complexity index is 384. The fraction of sp³-hybridized carbons (Fsp3) is 0.571. The quantitative estimate of drug-likeness (QED) is 0.869. The zero-order chi connectivity index (χ0) is 12.3. The molecule has 0 aliphatic carbocycles. The van der Waals surface area contributed by atoms with Gasteiger partial charge in [0.1, 0.15) is 11.5 Å². The third kappa shape index (κ3) is 2.72. The molecule has 1 saturated heterocycles. The van der Waals surface area contributed by atoms with Crippen LogP contribution in [0.5, 0.6) is 11.5 Å². The lowest BCUT2D eigenvalue weighted by atomic mass is 9.91. The first-order chi connectivity index (χ1) is 8.17. The molecule has 17 heavy (non-hydrogen) atoms. The first kappa shape index (κ1) is 12.2. The van der Waals surface area contributed by atoms with Crippen molar-refractivity contribution >= 4 is 0 Å². The van der Waals surface area contributed by atoms with Gasteiger partial charge in [-0.2, -0.15) is 0 Å². The SMILES string of the molecule is COc1ccc(OC)c(CC2(C)CCCN2)c1. The summed E-state index contributed by atoms with van der Waals surface area (Å²) in [5.41, 5.74) is 1.41. The zero-order valence-electron chi connectivity index (χ0n) is 10.9. The topological polar surface area (TPSA) is 30.5 Å². The Hall–Kier alpha value is -1.22. The molecule has 3 heteroatoms. The van der Waals surface area contributed by atoms with Crippen LogP contribution in [0.1, 0.15) is 25.3 Å². The molecule has 1 fully saturated rings. The lowest BCUT2D eigenvalue weighted by Crippen LogP contribution is -2.38. The molecule has 0 bridgehead atoms. The van der Waals surface area contributed by atoms with E-state index in [0.717, 1.165) is 24.5 Å². The molecule has 1 aromatic carbocycles. The van der Waals surface area contributed by atoms with Crippen molar-refractivity contribution in [2.75, 3.05) is 20.8 Å². The van der Waals surface area contributed by atoms with Crippen LogP contribution in [0, 0.1) is 0 Å². The van der Waals surface area contributed by atoms with E-state index in [1.165, 1.54) is 18.4 Å². The molecule has 1 heterocycles. The van der Waals surface area contributed by atoms with Gasteiger partial charge in [0.2, 0.25) is 0 Å². The van der Waals surface area contributed by atoms with Crippen LogP contribution in [0.3, 0.4) is 0 Å². The molecule has 1 aromatic rings. The minimum absolute atomic E-state index is 0.194. The summed E-state index contributed by atoms with van der Waals surface area (Å²) in [7, 11) is 3.41. The van der Waals surface area contributed by atoms with Crippen LogP contribution in [0.4, 0.5) is 0 Å². The number of ether oxygens (including phenoxy) is 2. The second-order valence-corrected chi connectivity index (χ2v) is 4.95. The Labute approximate surface area is 103 Å². The van der Waals surface area contributed by atoms with Crippen LogP contribution in [0.2, 0.25) is 0 Å². The lowest BCUT2D eigenvalue weighted by molar-refractivity contribution is 0.376. The monoisotopic (exact) mass is 235 g/mol. The Balaban J connectivity index is 2.23. The summed E-state index contributed by atoms with van der Waals surface area (Å²) in [5, 5.41) is 3.57. The highest BCUT2D eigenvalue weighted by atomic mass is 16.5. The van der Waals surface area contributed by atoms with Crippen molar-refractivity contribution in [3.63, 3.8) is 0 Å². The Kier molecular flexibility index (Phi) is 3.57. The molecule has 0 spiro atoms. The highest BCUT2D eigenvalue weighted by Gasteiger charge is 2.29. The van der Waals surface area contributed by atoms with E-state index in [1.54, 1.807) is 14.2 Å². The van der Waals surface area contributed by atoms with Gasteiger partial charge in [0.25, 0.3) is 0 Å². The van der Waals surface area contributed by atoms with Crippen LogP contribution in [0.15, 0.2) is 18.2 Å². The Morgan fingerprint density at radius 2 is 2.12 bits per heavy atom. The van der Waals surface area contributed by atoms with Crippen molar-refractivity contribution in [3.8, 4) is 11.5 Å². The number of benzene rings is 1. The van der Waals surface area contributed by atoms with Crippen LogP contribution in [-0.2, 0) is 6.42 Å². The highest BCUT2D eigenvalue weighted by molar-refractivity contribution is 5.41. The van der Waals surface area contributed by atoms with E-state index in [9.17, 15) is 0 Å². The predicted octanol–water partition coefficient (Wildman–Crippen LogP) is 2.39. The van der Waals surface area contributed by atoms with Gasteiger partial charge in [0.05, 0.1) is 14.2 Å². The van der Waals surface area contributed by atoms with Gasteiger partial charge in [-0.1, -0.05) is 0 Å². The molecule has 1 unspecified atom stereocenters. The molecular weight excluding hydrogens is 214 g/mol. The maximum atomic E-state index is 5.42. The molecule has 94 valence electrons. The summed E-state index contributed by atoms with van der Waals surface area (Å²) in [6.45, 7) is 3.39. The average molecular weight is 235 g/mol. The van der Waals surface area contributed by atoms with Crippen molar-refractivity contribution in [2.24, 2.45) is 0 Å². The first-order valence-electron chi connectivity index (χ1n) is 6.13. The fourth-order valence-electron chi connectivity index (χ4n) is 2.55. The summed E-state index contributed by atoms with van der Waals surface area (Å²) in [6.07, 6.45) is 3.45. The van der Waals surface area contributed by atoms with Crippen LogP contribution in [0.25, 0.3) is 0 Å². The molecule has 0 saturated carbocycles. The molecule has 1 atom stereocenters. The summed E-state index contributed by atoms with van der Waals surface area (Å²) >= 11 is 0. The molecular formula is C14H21NO2. The normalized spacial score (nSPS) is 23.7. The van der Waals surface area contributed by atoms with E-state index in [4.69, 9.17) is 9.47 Å². The molecule has 0 aromatic heterocycles. The van der Waals surface area contributed by atoms with Gasteiger partial charge in [-0.05, 0) is 56.5 Å². The maximum absolute atomic E-state index is 5.42. The molecule has 3 nitrogen and oxygen atoms in total. The standard InChI is InChI=1S/C14H21NO2/c1-14(7-4-8-15-14)10-11-9-12(16-2)5-6-13(11)17-3/h5-6,9,15H,4,7-8,10H2,1-3H3. The van der Waals surface area contributed by atoms with Crippen molar-refractivity contribution in [2.45, 2.75) is 31.7 Å². The van der Waals surface area contributed by atoms with Gasteiger partial charge < -0.3 is 14.8 Å². The van der Waals surface area contributed by atoms with Gasteiger partial charge in [0, 0.05) is 5.54 Å². The van der Waals surface area contributed by atoms with Gasteiger partial charge in [0.15, 0.2) is 0 Å². The maximum Gasteiger partial charge on any atom is 0.122 e. The van der Waals surface area contributed by atoms with Gasteiger partial charge in [-0.25, -0.2) is 0 Å². The van der Waals surface area contributed by atoms with Gasteiger partial charge in [-0.3, -0.25) is 0 Å². The van der Waals surface area contributed by atoms with Crippen molar-refractivity contribution in [3.05, 3.63) is 23.8 Å². The molecule has 1 aliphatic rings. The third-order valence-corrected chi connectivity index (χ3v) is 3.53. The highest BCUT2D eigenvalue weighted by Crippen LogP contribution is 2.30. The van der Waals surface area contributed by atoms with Crippen LogP contribution in [-0.4, -0.2) is 26.3 Å². The summed E-state index contributed by atoms with van der Waals surface area (Å²) in [6, 6.07) is 5.99.